The maximum Gasteiger partial charge on any atom is 0.0674 e. The van der Waals surface area contributed by atoms with E-state index < -0.39 is 0 Å². The summed E-state index contributed by atoms with van der Waals surface area (Å²) in [6, 6.07) is 9.34. The van der Waals surface area contributed by atoms with Crippen molar-refractivity contribution in [3.05, 3.63) is 35.4 Å². The average molecular weight is 276 g/mol. The summed E-state index contributed by atoms with van der Waals surface area (Å²) in [5, 5.41) is 3.43. The number of benzene rings is 1. The Kier molecular flexibility index (Phi) is 6.02. The van der Waals surface area contributed by atoms with Gasteiger partial charge in [-0.15, -0.1) is 0 Å². The molecule has 1 saturated heterocycles. The van der Waals surface area contributed by atoms with Crippen molar-refractivity contribution >= 4 is 0 Å². The average Bonchev–Trinajstić information content (AvgIpc) is 2.47. The summed E-state index contributed by atoms with van der Waals surface area (Å²) in [7, 11) is 0. The predicted molar refractivity (Wildman–Crippen MR) is 83.7 cm³/mol. The Balaban J connectivity index is 2.07. The Bertz CT molecular complexity index is 408. The molecular weight excluding hydrogens is 248 g/mol. The van der Waals surface area contributed by atoms with Crippen LogP contribution in [0.4, 0.5) is 0 Å². The Labute approximate surface area is 123 Å². The minimum absolute atomic E-state index is 0.346. The van der Waals surface area contributed by atoms with Gasteiger partial charge in [0.15, 0.2) is 0 Å². The van der Waals surface area contributed by atoms with Crippen LogP contribution >= 0.6 is 0 Å². The Morgan fingerprint density at radius 1 is 1.25 bits per heavy atom. The van der Waals surface area contributed by atoms with Gasteiger partial charge in [0.05, 0.1) is 12.7 Å². The highest BCUT2D eigenvalue weighted by Gasteiger charge is 2.25. The summed E-state index contributed by atoms with van der Waals surface area (Å²) < 4.78 is 5.79. The number of nitrogens with zero attached hydrogens (tertiary/aromatic N) is 1. The van der Waals surface area contributed by atoms with E-state index >= 15 is 0 Å². The smallest absolute Gasteiger partial charge is 0.0674 e. The van der Waals surface area contributed by atoms with E-state index in [1.165, 1.54) is 11.1 Å². The van der Waals surface area contributed by atoms with Crippen LogP contribution in [0, 0.1) is 0 Å². The van der Waals surface area contributed by atoms with Gasteiger partial charge in [0.2, 0.25) is 0 Å². The van der Waals surface area contributed by atoms with Crippen LogP contribution in [-0.4, -0.2) is 36.7 Å². The number of hydrogen-bond acceptors (Lipinski definition) is 3. The van der Waals surface area contributed by atoms with Crippen LogP contribution in [0.1, 0.15) is 38.3 Å². The molecule has 0 aliphatic carbocycles. The molecule has 0 saturated carbocycles. The van der Waals surface area contributed by atoms with E-state index in [0.29, 0.717) is 12.1 Å². The molecule has 2 unspecified atom stereocenters. The van der Waals surface area contributed by atoms with Crippen LogP contribution < -0.4 is 5.32 Å². The van der Waals surface area contributed by atoms with Gasteiger partial charge in [-0.05, 0) is 31.0 Å². The van der Waals surface area contributed by atoms with E-state index in [2.05, 4.69) is 55.3 Å². The molecule has 1 N–H and O–H groups in total. The van der Waals surface area contributed by atoms with Crippen LogP contribution in [0.25, 0.3) is 0 Å². The third-order valence-electron chi connectivity index (χ3n) is 4.11. The van der Waals surface area contributed by atoms with Gasteiger partial charge in [0.25, 0.3) is 0 Å². The quantitative estimate of drug-likeness (QED) is 0.864. The van der Waals surface area contributed by atoms with Gasteiger partial charge in [0, 0.05) is 25.7 Å². The summed E-state index contributed by atoms with van der Waals surface area (Å²) in [6.07, 6.45) is 1.50. The topological polar surface area (TPSA) is 24.5 Å². The summed E-state index contributed by atoms with van der Waals surface area (Å²) in [4.78, 5) is 2.58. The lowest BCUT2D eigenvalue weighted by atomic mass is 10.0. The van der Waals surface area contributed by atoms with Crippen molar-refractivity contribution in [2.24, 2.45) is 0 Å². The van der Waals surface area contributed by atoms with Gasteiger partial charge in [-0.3, -0.25) is 4.90 Å². The first-order valence-electron chi connectivity index (χ1n) is 7.87. The maximum atomic E-state index is 5.79. The van der Waals surface area contributed by atoms with Gasteiger partial charge in [0.1, 0.15) is 0 Å². The lowest BCUT2D eigenvalue weighted by Gasteiger charge is -2.38. The number of nitrogens with one attached hydrogen (secondary N) is 1. The molecule has 1 fully saturated rings. The molecule has 0 spiro atoms. The molecular formula is C17H28N2O. The number of morpholine rings is 1. The molecule has 1 heterocycles. The van der Waals surface area contributed by atoms with Gasteiger partial charge in [-0.1, -0.05) is 38.1 Å². The van der Waals surface area contributed by atoms with Crippen LogP contribution in [0.5, 0.6) is 0 Å². The first-order valence-corrected chi connectivity index (χ1v) is 7.87. The zero-order valence-corrected chi connectivity index (χ0v) is 13.1. The number of hydrogen-bond donors (Lipinski definition) is 1. The van der Waals surface area contributed by atoms with E-state index in [0.717, 1.165) is 39.2 Å². The van der Waals surface area contributed by atoms with Crippen LogP contribution in [0.3, 0.4) is 0 Å². The SMILES string of the molecule is CCNCc1ccccc1CN1CC(C)OCC1CC. The summed E-state index contributed by atoms with van der Waals surface area (Å²) in [5.74, 6) is 0. The van der Waals surface area contributed by atoms with Crippen molar-refractivity contribution in [3.8, 4) is 0 Å². The molecule has 3 heteroatoms. The maximum absolute atomic E-state index is 5.79. The fraction of sp³-hybridized carbons (Fsp3) is 0.647. The lowest BCUT2D eigenvalue weighted by molar-refractivity contribution is -0.0592. The first kappa shape index (κ1) is 15.5. The van der Waals surface area contributed by atoms with Crippen molar-refractivity contribution < 1.29 is 4.74 Å². The van der Waals surface area contributed by atoms with Crippen molar-refractivity contribution in [1.29, 1.82) is 0 Å². The predicted octanol–water partition coefficient (Wildman–Crippen LogP) is 2.80. The minimum atomic E-state index is 0.346. The van der Waals surface area contributed by atoms with E-state index in [4.69, 9.17) is 4.74 Å². The molecule has 1 aliphatic rings. The molecule has 3 nitrogen and oxygen atoms in total. The second-order valence-corrected chi connectivity index (χ2v) is 5.68. The molecule has 0 amide bonds. The molecule has 1 aromatic carbocycles. The van der Waals surface area contributed by atoms with Crippen LogP contribution in [0.2, 0.25) is 0 Å². The highest BCUT2D eigenvalue weighted by molar-refractivity contribution is 5.27. The standard InChI is InChI=1S/C17H28N2O/c1-4-17-13-20-14(3)11-19(17)12-16-9-7-6-8-15(16)10-18-5-2/h6-9,14,17-18H,4-5,10-13H2,1-3H3. The largest absolute Gasteiger partial charge is 0.376 e. The fourth-order valence-corrected chi connectivity index (χ4v) is 2.85. The Morgan fingerprint density at radius 3 is 2.70 bits per heavy atom. The van der Waals surface area contributed by atoms with Crippen molar-refractivity contribution in [3.63, 3.8) is 0 Å². The van der Waals surface area contributed by atoms with Crippen LogP contribution in [0.15, 0.2) is 24.3 Å². The summed E-state index contributed by atoms with van der Waals surface area (Å²) >= 11 is 0. The van der Waals surface area contributed by atoms with Gasteiger partial charge >= 0.3 is 0 Å². The molecule has 112 valence electrons. The van der Waals surface area contributed by atoms with Gasteiger partial charge in [-0.25, -0.2) is 0 Å². The Hall–Kier alpha value is -0.900. The van der Waals surface area contributed by atoms with E-state index in [9.17, 15) is 0 Å². The normalized spacial score (nSPS) is 23.9. The lowest BCUT2D eigenvalue weighted by Crippen LogP contribution is -2.48. The molecule has 20 heavy (non-hydrogen) atoms. The van der Waals surface area contributed by atoms with Crippen molar-refractivity contribution in [2.45, 2.75) is 52.4 Å². The van der Waals surface area contributed by atoms with E-state index in [1.54, 1.807) is 0 Å². The summed E-state index contributed by atoms with van der Waals surface area (Å²) in [6.45, 7) is 11.5. The van der Waals surface area contributed by atoms with Crippen molar-refractivity contribution in [2.75, 3.05) is 19.7 Å². The molecule has 0 radical (unpaired) electrons. The van der Waals surface area contributed by atoms with E-state index in [1.807, 2.05) is 0 Å². The zero-order chi connectivity index (χ0) is 14.4. The van der Waals surface area contributed by atoms with Gasteiger partial charge < -0.3 is 10.1 Å². The number of rotatable bonds is 6. The van der Waals surface area contributed by atoms with Crippen molar-refractivity contribution in [1.82, 2.24) is 10.2 Å². The third kappa shape index (κ3) is 4.05. The molecule has 2 atom stereocenters. The highest BCUT2D eigenvalue weighted by atomic mass is 16.5. The molecule has 2 rings (SSSR count). The second-order valence-electron chi connectivity index (χ2n) is 5.68. The second kappa shape index (κ2) is 7.77. The third-order valence-corrected chi connectivity index (χ3v) is 4.11. The number of ether oxygens (including phenoxy) is 1. The molecule has 0 bridgehead atoms. The van der Waals surface area contributed by atoms with Gasteiger partial charge in [-0.2, -0.15) is 0 Å². The highest BCUT2D eigenvalue weighted by Crippen LogP contribution is 2.19. The minimum Gasteiger partial charge on any atom is -0.376 e. The fourth-order valence-electron chi connectivity index (χ4n) is 2.85. The summed E-state index contributed by atoms with van der Waals surface area (Å²) in [5.41, 5.74) is 2.87. The molecule has 0 aromatic heterocycles. The first-order chi connectivity index (χ1) is 9.74. The monoisotopic (exact) mass is 276 g/mol. The zero-order valence-electron chi connectivity index (χ0n) is 13.1. The van der Waals surface area contributed by atoms with Crippen LogP contribution in [-0.2, 0) is 17.8 Å². The molecule has 1 aromatic rings. The molecule has 1 aliphatic heterocycles. The Morgan fingerprint density at radius 2 is 2.00 bits per heavy atom. The van der Waals surface area contributed by atoms with E-state index in [-0.39, 0.29) is 0 Å².